The molecule has 0 spiro atoms. The molecular weight excluding hydrogens is 316 g/mol. The van der Waals surface area contributed by atoms with Crippen molar-refractivity contribution in [2.24, 2.45) is 5.92 Å². The van der Waals surface area contributed by atoms with Gasteiger partial charge in [0.15, 0.2) is 0 Å². The number of hydrogen-bond donors (Lipinski definition) is 1. The first-order chi connectivity index (χ1) is 12.2. The summed E-state index contributed by atoms with van der Waals surface area (Å²) in [4.78, 5) is 14.5. The fraction of sp³-hybridized carbons (Fsp3) is 0.474. The minimum atomic E-state index is 0.0367. The van der Waals surface area contributed by atoms with Crippen molar-refractivity contribution in [1.29, 1.82) is 0 Å². The molecule has 0 atom stereocenters. The monoisotopic (exact) mass is 342 g/mol. The van der Waals surface area contributed by atoms with Crippen LogP contribution in [0.5, 0.6) is 5.75 Å². The summed E-state index contributed by atoms with van der Waals surface area (Å²) in [7, 11) is 0. The topological polar surface area (TPSA) is 59.4 Å². The molecule has 3 rings (SSSR count). The Morgan fingerprint density at radius 1 is 1.28 bits per heavy atom. The van der Waals surface area contributed by atoms with Crippen LogP contribution >= 0.6 is 0 Å². The molecule has 1 aliphatic rings. The lowest BCUT2D eigenvalue weighted by Crippen LogP contribution is -2.40. The van der Waals surface area contributed by atoms with Gasteiger partial charge in [-0.05, 0) is 69.1 Å². The van der Waals surface area contributed by atoms with Crippen LogP contribution in [0.25, 0.3) is 0 Å². The van der Waals surface area contributed by atoms with Crippen molar-refractivity contribution in [1.82, 2.24) is 14.7 Å². The van der Waals surface area contributed by atoms with Gasteiger partial charge in [-0.15, -0.1) is 0 Å². The van der Waals surface area contributed by atoms with Crippen molar-refractivity contribution < 1.29 is 9.53 Å². The van der Waals surface area contributed by atoms with E-state index in [1.807, 2.05) is 54.3 Å². The molecule has 2 aromatic rings. The molecule has 0 aliphatic carbocycles. The predicted molar refractivity (Wildman–Crippen MR) is 97.6 cm³/mol. The van der Waals surface area contributed by atoms with Gasteiger partial charge >= 0.3 is 0 Å². The first-order valence-corrected chi connectivity index (χ1v) is 8.95. The third-order valence-electron chi connectivity index (χ3n) is 4.53. The third-order valence-corrected chi connectivity index (χ3v) is 4.53. The Bertz CT molecular complexity index is 647. The van der Waals surface area contributed by atoms with E-state index in [1.165, 1.54) is 0 Å². The van der Waals surface area contributed by atoms with Crippen LogP contribution in [-0.4, -0.2) is 46.8 Å². The van der Waals surface area contributed by atoms with Crippen molar-refractivity contribution in [2.75, 3.05) is 31.6 Å². The van der Waals surface area contributed by atoms with E-state index in [-0.39, 0.29) is 5.91 Å². The maximum atomic E-state index is 12.2. The van der Waals surface area contributed by atoms with E-state index in [4.69, 9.17) is 4.74 Å². The summed E-state index contributed by atoms with van der Waals surface area (Å²) in [6.07, 6.45) is 6.05. The van der Waals surface area contributed by atoms with E-state index in [0.717, 1.165) is 43.9 Å². The largest absolute Gasteiger partial charge is 0.494 e. The molecule has 1 saturated heterocycles. The van der Waals surface area contributed by atoms with Crippen molar-refractivity contribution in [3.8, 4) is 5.75 Å². The lowest BCUT2D eigenvalue weighted by molar-refractivity contribution is -0.117. The lowest BCUT2D eigenvalue weighted by atomic mass is 9.97. The highest BCUT2D eigenvalue weighted by atomic mass is 16.5. The number of nitrogens with one attached hydrogen (secondary N) is 1. The van der Waals surface area contributed by atoms with Crippen LogP contribution in [0.2, 0.25) is 0 Å². The van der Waals surface area contributed by atoms with E-state index in [2.05, 4.69) is 15.3 Å². The molecule has 0 radical (unpaired) electrons. The number of carbonyl (C=O) groups excluding carboxylic acids is 1. The van der Waals surface area contributed by atoms with E-state index >= 15 is 0 Å². The number of carbonyl (C=O) groups is 1. The molecule has 1 amide bonds. The highest BCUT2D eigenvalue weighted by molar-refractivity contribution is 5.92. The molecule has 134 valence electrons. The molecule has 1 fully saturated rings. The number of anilines is 1. The van der Waals surface area contributed by atoms with Gasteiger partial charge in [-0.3, -0.25) is 14.4 Å². The number of amides is 1. The summed E-state index contributed by atoms with van der Waals surface area (Å²) >= 11 is 0. The molecule has 0 bridgehead atoms. The van der Waals surface area contributed by atoms with Gasteiger partial charge in [-0.25, -0.2) is 0 Å². The third kappa shape index (κ3) is 5.32. The molecule has 2 heterocycles. The normalized spacial score (nSPS) is 15.9. The first-order valence-electron chi connectivity index (χ1n) is 8.95. The number of hydrogen-bond acceptors (Lipinski definition) is 4. The summed E-state index contributed by atoms with van der Waals surface area (Å²) in [5.41, 5.74) is 0.807. The van der Waals surface area contributed by atoms with Gasteiger partial charge in [0.1, 0.15) is 5.75 Å². The van der Waals surface area contributed by atoms with Gasteiger partial charge in [-0.1, -0.05) is 0 Å². The van der Waals surface area contributed by atoms with E-state index in [1.54, 1.807) is 0 Å². The number of likely N-dealkylation sites (tertiary alicyclic amines) is 1. The summed E-state index contributed by atoms with van der Waals surface area (Å²) in [5, 5.41) is 7.23. The number of ether oxygens (including phenoxy) is 1. The second kappa shape index (κ2) is 8.67. The summed E-state index contributed by atoms with van der Waals surface area (Å²) in [5.74, 6) is 1.50. The van der Waals surface area contributed by atoms with Crippen molar-refractivity contribution in [3.05, 3.63) is 42.7 Å². The molecule has 25 heavy (non-hydrogen) atoms. The molecule has 1 aliphatic heterocycles. The quantitative estimate of drug-likeness (QED) is 0.840. The minimum absolute atomic E-state index is 0.0367. The van der Waals surface area contributed by atoms with Crippen LogP contribution in [0.1, 0.15) is 19.8 Å². The molecule has 1 N–H and O–H groups in total. The zero-order valence-electron chi connectivity index (χ0n) is 14.7. The number of rotatable bonds is 7. The summed E-state index contributed by atoms with van der Waals surface area (Å²) in [6.45, 7) is 5.93. The Morgan fingerprint density at radius 2 is 2.04 bits per heavy atom. The lowest BCUT2D eigenvalue weighted by Gasteiger charge is -2.31. The van der Waals surface area contributed by atoms with Gasteiger partial charge in [-0.2, -0.15) is 5.10 Å². The maximum Gasteiger partial charge on any atom is 0.238 e. The molecule has 0 saturated carbocycles. The van der Waals surface area contributed by atoms with Gasteiger partial charge in [0, 0.05) is 24.6 Å². The SMILES string of the molecule is CCOc1ccc(NC(=O)CN2CCC(Cn3cccn3)CC2)cc1. The average molecular weight is 342 g/mol. The Hall–Kier alpha value is -2.34. The second-order valence-electron chi connectivity index (χ2n) is 6.45. The fourth-order valence-corrected chi connectivity index (χ4v) is 3.20. The molecule has 6 heteroatoms. The fourth-order valence-electron chi connectivity index (χ4n) is 3.20. The number of piperidine rings is 1. The summed E-state index contributed by atoms with van der Waals surface area (Å²) < 4.78 is 7.41. The number of benzene rings is 1. The van der Waals surface area contributed by atoms with Crippen LogP contribution in [0.15, 0.2) is 42.7 Å². The van der Waals surface area contributed by atoms with Crippen LogP contribution in [0, 0.1) is 5.92 Å². The van der Waals surface area contributed by atoms with Crippen LogP contribution in [0.3, 0.4) is 0 Å². The standard InChI is InChI=1S/C19H26N4O2/c1-2-25-18-6-4-17(5-7-18)21-19(24)15-22-12-8-16(9-13-22)14-23-11-3-10-20-23/h3-7,10-11,16H,2,8-9,12-15H2,1H3,(H,21,24). The van der Waals surface area contributed by atoms with Crippen LogP contribution in [0.4, 0.5) is 5.69 Å². The van der Waals surface area contributed by atoms with Gasteiger partial charge in [0.2, 0.25) is 5.91 Å². The Kier molecular flexibility index (Phi) is 6.06. The molecular formula is C19H26N4O2. The van der Waals surface area contributed by atoms with Gasteiger partial charge < -0.3 is 10.1 Å². The molecule has 1 aromatic heterocycles. The number of nitrogens with zero attached hydrogens (tertiary/aromatic N) is 3. The maximum absolute atomic E-state index is 12.2. The van der Waals surface area contributed by atoms with Crippen molar-refractivity contribution in [3.63, 3.8) is 0 Å². The Balaban J connectivity index is 1.40. The zero-order valence-corrected chi connectivity index (χ0v) is 14.7. The molecule has 6 nitrogen and oxygen atoms in total. The zero-order chi connectivity index (χ0) is 17.5. The second-order valence-corrected chi connectivity index (χ2v) is 6.45. The molecule has 1 aromatic carbocycles. The Morgan fingerprint density at radius 3 is 2.68 bits per heavy atom. The Labute approximate surface area is 148 Å². The van der Waals surface area contributed by atoms with E-state index in [0.29, 0.717) is 19.1 Å². The first kappa shape index (κ1) is 17.5. The highest BCUT2D eigenvalue weighted by Crippen LogP contribution is 2.19. The van der Waals surface area contributed by atoms with Crippen molar-refractivity contribution in [2.45, 2.75) is 26.3 Å². The van der Waals surface area contributed by atoms with Gasteiger partial charge in [0.25, 0.3) is 0 Å². The van der Waals surface area contributed by atoms with E-state index < -0.39 is 0 Å². The molecule has 0 unspecified atom stereocenters. The van der Waals surface area contributed by atoms with Gasteiger partial charge in [0.05, 0.1) is 13.2 Å². The van der Waals surface area contributed by atoms with Crippen molar-refractivity contribution >= 4 is 11.6 Å². The van der Waals surface area contributed by atoms with E-state index in [9.17, 15) is 4.79 Å². The minimum Gasteiger partial charge on any atom is -0.494 e. The summed E-state index contributed by atoms with van der Waals surface area (Å²) in [6, 6.07) is 9.46. The average Bonchev–Trinajstić information content (AvgIpc) is 3.12. The number of aromatic nitrogens is 2. The predicted octanol–water partition coefficient (Wildman–Crippen LogP) is 2.63. The smallest absolute Gasteiger partial charge is 0.238 e. The van der Waals surface area contributed by atoms with Crippen LogP contribution < -0.4 is 10.1 Å². The van der Waals surface area contributed by atoms with Crippen LogP contribution in [-0.2, 0) is 11.3 Å². The highest BCUT2D eigenvalue weighted by Gasteiger charge is 2.21.